The SMILES string of the molecule is CN(C(=O)CCc1cccnc1)C(C)(C)CO. The van der Waals surface area contributed by atoms with E-state index in [1.807, 2.05) is 26.0 Å². The Morgan fingerprint density at radius 1 is 1.53 bits per heavy atom. The molecule has 1 rings (SSSR count). The van der Waals surface area contributed by atoms with E-state index in [1.54, 1.807) is 24.3 Å². The summed E-state index contributed by atoms with van der Waals surface area (Å²) in [4.78, 5) is 17.5. The Hall–Kier alpha value is -1.42. The largest absolute Gasteiger partial charge is 0.394 e. The van der Waals surface area contributed by atoms with Crippen LogP contribution in [0.3, 0.4) is 0 Å². The second-order valence-electron chi connectivity index (χ2n) is 4.78. The van der Waals surface area contributed by atoms with Gasteiger partial charge in [0.05, 0.1) is 12.1 Å². The van der Waals surface area contributed by atoms with E-state index >= 15 is 0 Å². The van der Waals surface area contributed by atoms with E-state index in [-0.39, 0.29) is 12.5 Å². The highest BCUT2D eigenvalue weighted by Gasteiger charge is 2.26. The lowest BCUT2D eigenvalue weighted by atomic mass is 10.0. The quantitative estimate of drug-likeness (QED) is 0.837. The molecule has 0 fully saturated rings. The predicted molar refractivity (Wildman–Crippen MR) is 66.5 cm³/mol. The third-order valence-corrected chi connectivity index (χ3v) is 3.02. The lowest BCUT2D eigenvalue weighted by molar-refractivity contribution is -0.135. The Morgan fingerprint density at radius 2 is 2.24 bits per heavy atom. The molecule has 0 radical (unpaired) electrons. The summed E-state index contributed by atoms with van der Waals surface area (Å²) in [6.45, 7) is 3.64. The molecular formula is C13H20N2O2. The molecule has 0 saturated carbocycles. The summed E-state index contributed by atoms with van der Waals surface area (Å²) in [6, 6.07) is 3.82. The van der Waals surface area contributed by atoms with Gasteiger partial charge in [-0.1, -0.05) is 6.07 Å². The molecule has 1 N–H and O–H groups in total. The number of carbonyl (C=O) groups is 1. The maximum Gasteiger partial charge on any atom is 0.223 e. The van der Waals surface area contributed by atoms with Crippen molar-refractivity contribution in [1.29, 1.82) is 0 Å². The first kappa shape index (κ1) is 13.6. The molecule has 1 aromatic rings. The predicted octanol–water partition coefficient (Wildman–Crippen LogP) is 1.24. The molecule has 4 heteroatoms. The molecule has 0 aliphatic carbocycles. The lowest BCUT2D eigenvalue weighted by Gasteiger charge is -2.34. The third-order valence-electron chi connectivity index (χ3n) is 3.02. The van der Waals surface area contributed by atoms with Crippen molar-refractivity contribution in [1.82, 2.24) is 9.88 Å². The summed E-state index contributed by atoms with van der Waals surface area (Å²) < 4.78 is 0. The monoisotopic (exact) mass is 236 g/mol. The number of carbonyl (C=O) groups excluding carboxylic acids is 1. The van der Waals surface area contributed by atoms with E-state index in [1.165, 1.54) is 0 Å². The molecule has 17 heavy (non-hydrogen) atoms. The van der Waals surface area contributed by atoms with Crippen molar-refractivity contribution in [3.05, 3.63) is 30.1 Å². The molecule has 0 aliphatic rings. The Bertz CT molecular complexity index is 363. The fourth-order valence-corrected chi connectivity index (χ4v) is 1.41. The van der Waals surface area contributed by atoms with Gasteiger partial charge in [0, 0.05) is 25.9 Å². The van der Waals surface area contributed by atoms with Crippen molar-refractivity contribution in [3.63, 3.8) is 0 Å². The summed E-state index contributed by atoms with van der Waals surface area (Å²) >= 11 is 0. The van der Waals surface area contributed by atoms with Crippen LogP contribution in [0.25, 0.3) is 0 Å². The van der Waals surface area contributed by atoms with Gasteiger partial charge in [0.25, 0.3) is 0 Å². The van der Waals surface area contributed by atoms with Crippen LogP contribution in [0.5, 0.6) is 0 Å². The topological polar surface area (TPSA) is 53.4 Å². The number of aryl methyl sites for hydroxylation is 1. The number of aliphatic hydroxyl groups is 1. The Labute approximate surface area is 102 Å². The van der Waals surface area contributed by atoms with Crippen molar-refractivity contribution in [3.8, 4) is 0 Å². The van der Waals surface area contributed by atoms with Crippen molar-refractivity contribution in [2.75, 3.05) is 13.7 Å². The third kappa shape index (κ3) is 3.82. The number of hydrogen-bond donors (Lipinski definition) is 1. The fraction of sp³-hybridized carbons (Fsp3) is 0.538. The number of hydrogen-bond acceptors (Lipinski definition) is 3. The summed E-state index contributed by atoms with van der Waals surface area (Å²) in [7, 11) is 1.72. The number of pyridine rings is 1. The molecule has 0 aliphatic heterocycles. The van der Waals surface area contributed by atoms with Gasteiger partial charge in [-0.3, -0.25) is 9.78 Å². The molecule has 0 saturated heterocycles. The number of amides is 1. The zero-order valence-corrected chi connectivity index (χ0v) is 10.7. The van der Waals surface area contributed by atoms with Gasteiger partial charge >= 0.3 is 0 Å². The molecule has 1 aromatic heterocycles. The standard InChI is InChI=1S/C13H20N2O2/c1-13(2,10-16)15(3)12(17)7-6-11-5-4-8-14-9-11/h4-5,8-9,16H,6-7,10H2,1-3H3. The number of nitrogens with zero attached hydrogens (tertiary/aromatic N) is 2. The molecule has 94 valence electrons. The average molecular weight is 236 g/mol. The summed E-state index contributed by atoms with van der Waals surface area (Å²) in [6.07, 6.45) is 4.60. The van der Waals surface area contributed by atoms with Crippen molar-refractivity contribution in [2.24, 2.45) is 0 Å². The summed E-state index contributed by atoms with van der Waals surface area (Å²) in [5.41, 5.74) is 0.544. The Morgan fingerprint density at radius 3 is 2.76 bits per heavy atom. The van der Waals surface area contributed by atoms with Gasteiger partial charge in [-0.05, 0) is 31.9 Å². The highest BCUT2D eigenvalue weighted by molar-refractivity contribution is 5.76. The van der Waals surface area contributed by atoms with Crippen molar-refractivity contribution < 1.29 is 9.90 Å². The van der Waals surface area contributed by atoms with E-state index in [0.717, 1.165) is 5.56 Å². The second kappa shape index (κ2) is 5.77. The molecule has 1 amide bonds. The first-order valence-electron chi connectivity index (χ1n) is 5.74. The van der Waals surface area contributed by atoms with Crippen LogP contribution in [0.4, 0.5) is 0 Å². The van der Waals surface area contributed by atoms with Crippen LogP contribution in [0.2, 0.25) is 0 Å². The second-order valence-corrected chi connectivity index (χ2v) is 4.78. The Balaban J connectivity index is 2.51. The average Bonchev–Trinajstić information content (AvgIpc) is 2.36. The van der Waals surface area contributed by atoms with Gasteiger partial charge in [0.2, 0.25) is 5.91 Å². The van der Waals surface area contributed by atoms with Gasteiger partial charge in [-0.15, -0.1) is 0 Å². The molecule has 1 heterocycles. The molecule has 0 unspecified atom stereocenters. The zero-order chi connectivity index (χ0) is 12.9. The van der Waals surface area contributed by atoms with Gasteiger partial charge in [-0.25, -0.2) is 0 Å². The highest BCUT2D eigenvalue weighted by atomic mass is 16.3. The Kier molecular flexibility index (Phi) is 4.63. The highest BCUT2D eigenvalue weighted by Crippen LogP contribution is 2.13. The van der Waals surface area contributed by atoms with E-state index in [2.05, 4.69) is 4.98 Å². The maximum atomic E-state index is 11.9. The van der Waals surface area contributed by atoms with Crippen LogP contribution >= 0.6 is 0 Å². The van der Waals surface area contributed by atoms with Crippen LogP contribution < -0.4 is 0 Å². The number of aromatic nitrogens is 1. The minimum atomic E-state index is -0.508. The normalized spacial score (nSPS) is 11.3. The van der Waals surface area contributed by atoms with E-state index in [9.17, 15) is 9.90 Å². The minimum absolute atomic E-state index is 0.0351. The van der Waals surface area contributed by atoms with Crippen LogP contribution in [0, 0.1) is 0 Å². The van der Waals surface area contributed by atoms with Crippen molar-refractivity contribution in [2.45, 2.75) is 32.2 Å². The number of aliphatic hydroxyl groups excluding tert-OH is 1. The zero-order valence-electron chi connectivity index (χ0n) is 10.7. The van der Waals surface area contributed by atoms with Gasteiger partial charge < -0.3 is 10.0 Å². The van der Waals surface area contributed by atoms with Crippen LogP contribution in [-0.4, -0.2) is 40.1 Å². The fourth-order valence-electron chi connectivity index (χ4n) is 1.41. The van der Waals surface area contributed by atoms with E-state index in [0.29, 0.717) is 12.8 Å². The van der Waals surface area contributed by atoms with Crippen LogP contribution in [-0.2, 0) is 11.2 Å². The number of likely N-dealkylation sites (N-methyl/N-ethyl adjacent to an activating group) is 1. The summed E-state index contributed by atoms with van der Waals surface area (Å²) in [5, 5.41) is 9.19. The van der Waals surface area contributed by atoms with Crippen LogP contribution in [0.15, 0.2) is 24.5 Å². The molecule has 0 aromatic carbocycles. The molecule has 0 bridgehead atoms. The van der Waals surface area contributed by atoms with Gasteiger partial charge in [0.15, 0.2) is 0 Å². The maximum absolute atomic E-state index is 11.9. The van der Waals surface area contributed by atoms with Gasteiger partial charge in [0.1, 0.15) is 0 Å². The minimum Gasteiger partial charge on any atom is -0.394 e. The molecular weight excluding hydrogens is 216 g/mol. The van der Waals surface area contributed by atoms with E-state index < -0.39 is 5.54 Å². The van der Waals surface area contributed by atoms with Crippen LogP contribution in [0.1, 0.15) is 25.8 Å². The first-order chi connectivity index (χ1) is 7.97. The molecule has 0 atom stereocenters. The van der Waals surface area contributed by atoms with E-state index in [4.69, 9.17) is 0 Å². The van der Waals surface area contributed by atoms with Gasteiger partial charge in [-0.2, -0.15) is 0 Å². The lowest BCUT2D eigenvalue weighted by Crippen LogP contribution is -2.47. The molecule has 0 spiro atoms. The smallest absolute Gasteiger partial charge is 0.223 e. The van der Waals surface area contributed by atoms with Crippen molar-refractivity contribution >= 4 is 5.91 Å². The number of rotatable bonds is 5. The first-order valence-corrected chi connectivity index (χ1v) is 5.74. The molecule has 4 nitrogen and oxygen atoms in total. The summed E-state index contributed by atoms with van der Waals surface area (Å²) in [5.74, 6) is 0.0351.